The van der Waals surface area contributed by atoms with Crippen molar-refractivity contribution < 1.29 is 13.2 Å². The van der Waals surface area contributed by atoms with Crippen LogP contribution in [0, 0.1) is 0 Å². The molecular formula is C13H15F3N4. The van der Waals surface area contributed by atoms with Gasteiger partial charge in [-0.1, -0.05) is 13.8 Å². The van der Waals surface area contributed by atoms with Crippen LogP contribution in [0.3, 0.4) is 0 Å². The maximum absolute atomic E-state index is 12.5. The molecule has 0 aliphatic heterocycles. The molecule has 0 saturated heterocycles. The molecule has 2 rings (SSSR count). The van der Waals surface area contributed by atoms with Gasteiger partial charge < -0.3 is 5.73 Å². The quantitative estimate of drug-likeness (QED) is 0.943. The number of aromatic nitrogens is 3. The van der Waals surface area contributed by atoms with Gasteiger partial charge in [-0.2, -0.15) is 18.3 Å². The number of nitrogens with two attached hydrogens (primary N) is 1. The fourth-order valence-electron chi connectivity index (χ4n) is 2.03. The van der Waals surface area contributed by atoms with Crippen molar-refractivity contribution in [3.8, 4) is 5.82 Å². The summed E-state index contributed by atoms with van der Waals surface area (Å²) < 4.78 is 39.1. The van der Waals surface area contributed by atoms with Crippen molar-refractivity contribution in [3.05, 3.63) is 41.3 Å². The summed E-state index contributed by atoms with van der Waals surface area (Å²) in [6, 6.07) is 2.30. The Kier molecular flexibility index (Phi) is 3.80. The number of nitrogens with zero attached hydrogens (tertiary/aromatic N) is 3. The van der Waals surface area contributed by atoms with Crippen LogP contribution in [0.5, 0.6) is 0 Å². The molecule has 2 aromatic rings. The van der Waals surface area contributed by atoms with E-state index in [-0.39, 0.29) is 5.92 Å². The standard InChI is InChI=1S/C13H15F3N4/c1-8(2)12-9(5-17)6-19-20(12)11-4-3-10(7-18-11)13(14,15)16/h3-4,6-8H,5,17H2,1-2H3. The third-order valence-electron chi connectivity index (χ3n) is 2.95. The molecule has 0 amide bonds. The number of pyridine rings is 1. The summed E-state index contributed by atoms with van der Waals surface area (Å²) in [7, 11) is 0. The molecule has 0 unspecified atom stereocenters. The maximum Gasteiger partial charge on any atom is 0.417 e. The van der Waals surface area contributed by atoms with Gasteiger partial charge >= 0.3 is 6.18 Å². The zero-order chi connectivity index (χ0) is 14.9. The highest BCUT2D eigenvalue weighted by Gasteiger charge is 2.30. The number of hydrogen-bond acceptors (Lipinski definition) is 3. The van der Waals surface area contributed by atoms with Gasteiger partial charge in [0.05, 0.1) is 17.5 Å². The maximum atomic E-state index is 12.5. The van der Waals surface area contributed by atoms with E-state index in [1.165, 1.54) is 10.7 Å². The van der Waals surface area contributed by atoms with Gasteiger partial charge in [0, 0.05) is 18.3 Å². The lowest BCUT2D eigenvalue weighted by Crippen LogP contribution is -2.10. The van der Waals surface area contributed by atoms with E-state index in [1.807, 2.05) is 13.8 Å². The van der Waals surface area contributed by atoms with Gasteiger partial charge in [-0.15, -0.1) is 0 Å². The zero-order valence-corrected chi connectivity index (χ0v) is 11.1. The molecule has 7 heteroatoms. The van der Waals surface area contributed by atoms with Crippen LogP contribution in [-0.4, -0.2) is 14.8 Å². The minimum absolute atomic E-state index is 0.139. The van der Waals surface area contributed by atoms with E-state index in [0.29, 0.717) is 12.4 Å². The van der Waals surface area contributed by atoms with Crippen LogP contribution in [0.15, 0.2) is 24.5 Å². The average Bonchev–Trinajstić information content (AvgIpc) is 2.81. The molecule has 108 valence electrons. The van der Waals surface area contributed by atoms with E-state index in [1.54, 1.807) is 6.20 Å². The minimum Gasteiger partial charge on any atom is -0.326 e. The van der Waals surface area contributed by atoms with E-state index >= 15 is 0 Å². The molecule has 0 aromatic carbocycles. The molecule has 2 aromatic heterocycles. The van der Waals surface area contributed by atoms with Crippen molar-refractivity contribution >= 4 is 0 Å². The van der Waals surface area contributed by atoms with E-state index in [4.69, 9.17) is 5.73 Å². The van der Waals surface area contributed by atoms with Crippen LogP contribution in [-0.2, 0) is 12.7 Å². The van der Waals surface area contributed by atoms with E-state index in [2.05, 4.69) is 10.1 Å². The predicted molar refractivity (Wildman–Crippen MR) is 68.3 cm³/mol. The van der Waals surface area contributed by atoms with Gasteiger partial charge in [-0.3, -0.25) is 0 Å². The molecule has 0 radical (unpaired) electrons. The van der Waals surface area contributed by atoms with Gasteiger partial charge in [0.25, 0.3) is 0 Å². The highest BCUT2D eigenvalue weighted by atomic mass is 19.4. The summed E-state index contributed by atoms with van der Waals surface area (Å²) in [4.78, 5) is 3.85. The molecule has 0 saturated carbocycles. The van der Waals surface area contributed by atoms with Crippen LogP contribution in [0.2, 0.25) is 0 Å². The van der Waals surface area contributed by atoms with Crippen molar-refractivity contribution in [1.29, 1.82) is 0 Å². The minimum atomic E-state index is -4.39. The highest BCUT2D eigenvalue weighted by molar-refractivity contribution is 5.32. The first-order valence-electron chi connectivity index (χ1n) is 6.15. The Morgan fingerprint density at radius 1 is 1.25 bits per heavy atom. The summed E-state index contributed by atoms with van der Waals surface area (Å²) in [6.45, 7) is 4.27. The molecule has 0 spiro atoms. The Morgan fingerprint density at radius 2 is 1.95 bits per heavy atom. The molecule has 0 bridgehead atoms. The number of halogens is 3. The monoisotopic (exact) mass is 284 g/mol. The second kappa shape index (κ2) is 5.24. The zero-order valence-electron chi connectivity index (χ0n) is 11.1. The van der Waals surface area contributed by atoms with Gasteiger partial charge in [0.15, 0.2) is 5.82 Å². The van der Waals surface area contributed by atoms with Gasteiger partial charge in [-0.05, 0) is 18.1 Å². The third-order valence-corrected chi connectivity index (χ3v) is 2.95. The Morgan fingerprint density at radius 3 is 2.40 bits per heavy atom. The predicted octanol–water partition coefficient (Wildman–Crippen LogP) is 2.87. The first kappa shape index (κ1) is 14.5. The first-order chi connectivity index (χ1) is 9.34. The van der Waals surface area contributed by atoms with E-state index in [0.717, 1.165) is 23.5 Å². The summed E-state index contributed by atoms with van der Waals surface area (Å²) in [6.07, 6.45) is -1.96. The average molecular weight is 284 g/mol. The van der Waals surface area contributed by atoms with Crippen LogP contribution in [0.1, 0.15) is 36.6 Å². The topological polar surface area (TPSA) is 56.7 Å². The fraction of sp³-hybridized carbons (Fsp3) is 0.385. The molecule has 0 aliphatic rings. The Hall–Kier alpha value is -1.89. The molecule has 2 N–H and O–H groups in total. The highest BCUT2D eigenvalue weighted by Crippen LogP contribution is 2.29. The lowest BCUT2D eigenvalue weighted by Gasteiger charge is -2.12. The number of rotatable bonds is 3. The lowest BCUT2D eigenvalue weighted by molar-refractivity contribution is -0.137. The second-order valence-corrected chi connectivity index (χ2v) is 4.73. The van der Waals surface area contributed by atoms with Crippen LogP contribution in [0.25, 0.3) is 5.82 Å². The first-order valence-corrected chi connectivity index (χ1v) is 6.15. The van der Waals surface area contributed by atoms with Crippen LogP contribution < -0.4 is 5.73 Å². The van der Waals surface area contributed by atoms with Crippen molar-refractivity contribution in [2.75, 3.05) is 0 Å². The molecular weight excluding hydrogens is 269 g/mol. The summed E-state index contributed by atoms with van der Waals surface area (Å²) >= 11 is 0. The number of alkyl halides is 3. The van der Waals surface area contributed by atoms with Gasteiger partial charge in [0.1, 0.15) is 0 Å². The van der Waals surface area contributed by atoms with Crippen molar-refractivity contribution in [1.82, 2.24) is 14.8 Å². The van der Waals surface area contributed by atoms with Crippen molar-refractivity contribution in [2.45, 2.75) is 32.5 Å². The van der Waals surface area contributed by atoms with Gasteiger partial charge in [-0.25, -0.2) is 9.67 Å². The Labute approximate surface area is 114 Å². The molecule has 20 heavy (non-hydrogen) atoms. The van der Waals surface area contributed by atoms with E-state index < -0.39 is 11.7 Å². The van der Waals surface area contributed by atoms with Crippen LogP contribution >= 0.6 is 0 Å². The van der Waals surface area contributed by atoms with Gasteiger partial charge in [0.2, 0.25) is 0 Å². The smallest absolute Gasteiger partial charge is 0.326 e. The third kappa shape index (κ3) is 2.67. The molecule has 0 fully saturated rings. The lowest BCUT2D eigenvalue weighted by atomic mass is 10.1. The largest absolute Gasteiger partial charge is 0.417 e. The number of hydrogen-bond donors (Lipinski definition) is 1. The normalized spacial score (nSPS) is 12.2. The Bertz CT molecular complexity index is 585. The summed E-state index contributed by atoms with van der Waals surface area (Å²) in [5.74, 6) is 0.488. The SMILES string of the molecule is CC(C)c1c(CN)cnn1-c1ccc(C(F)(F)F)cn1. The van der Waals surface area contributed by atoms with Crippen LogP contribution in [0.4, 0.5) is 13.2 Å². The molecule has 4 nitrogen and oxygen atoms in total. The van der Waals surface area contributed by atoms with E-state index in [9.17, 15) is 13.2 Å². The Balaban J connectivity index is 2.45. The molecule has 0 atom stereocenters. The molecule has 2 heterocycles. The van der Waals surface area contributed by atoms with Crippen molar-refractivity contribution in [2.24, 2.45) is 5.73 Å². The van der Waals surface area contributed by atoms with Crippen molar-refractivity contribution in [3.63, 3.8) is 0 Å². The second-order valence-electron chi connectivity index (χ2n) is 4.73. The summed E-state index contributed by atoms with van der Waals surface area (Å²) in [5.41, 5.74) is 6.58. The molecule has 0 aliphatic carbocycles. The fourth-order valence-corrected chi connectivity index (χ4v) is 2.03. The summed E-state index contributed by atoms with van der Waals surface area (Å²) in [5, 5.41) is 4.16.